The Balaban J connectivity index is 1.24. The van der Waals surface area contributed by atoms with Crippen LogP contribution in [0.2, 0.25) is 0 Å². The Bertz CT molecular complexity index is 1900. The fourth-order valence-corrected chi connectivity index (χ4v) is 11.7. The number of rotatable bonds is 10. The minimum atomic E-state index is -2.39. The maximum absolute atomic E-state index is 17.9. The van der Waals surface area contributed by atoms with Crippen molar-refractivity contribution in [3.05, 3.63) is 131 Å². The first-order valence-electron chi connectivity index (χ1n) is 18.9. The number of fused-ring (bicyclic) bond motifs is 5. The summed E-state index contributed by atoms with van der Waals surface area (Å²) in [4.78, 5) is 40.9. The lowest BCUT2D eigenvalue weighted by molar-refractivity contribution is -0.229. The third-order valence-electron chi connectivity index (χ3n) is 13.3. The van der Waals surface area contributed by atoms with Crippen LogP contribution in [0.1, 0.15) is 70.1 Å². The Labute approximate surface area is 324 Å². The predicted molar refractivity (Wildman–Crippen MR) is 205 cm³/mol. The van der Waals surface area contributed by atoms with Crippen molar-refractivity contribution in [2.75, 3.05) is 6.01 Å². The molecule has 3 aromatic carbocycles. The first kappa shape index (κ1) is 39.3. The topological polar surface area (TPSA) is 89.9 Å². The fourth-order valence-electron chi connectivity index (χ4n) is 10.9. The molecule has 4 aliphatic carbocycles. The number of carbonyl (C=O) groups is 3. The number of allylic oxidation sites excluding steroid dienone is 4. The van der Waals surface area contributed by atoms with Crippen LogP contribution in [-0.4, -0.2) is 57.6 Å². The van der Waals surface area contributed by atoms with Crippen molar-refractivity contribution in [2.45, 2.75) is 88.6 Å². The van der Waals surface area contributed by atoms with Crippen LogP contribution in [0.3, 0.4) is 0 Å². The maximum Gasteiger partial charge on any atom is 0.309 e. The molecule has 0 heterocycles. The number of halogens is 3. The molecule has 1 N–H and O–H groups in total. The van der Waals surface area contributed by atoms with Crippen LogP contribution in [0, 0.1) is 28.6 Å². The number of esters is 1. The quantitative estimate of drug-likeness (QED) is 0.163. The van der Waals surface area contributed by atoms with Gasteiger partial charge in [-0.05, 0) is 85.2 Å². The second-order valence-electron chi connectivity index (χ2n) is 16.2. The van der Waals surface area contributed by atoms with E-state index in [0.29, 0.717) is 11.8 Å². The second-order valence-corrected chi connectivity index (χ2v) is 17.0. The molecule has 0 aliphatic heterocycles. The summed E-state index contributed by atoms with van der Waals surface area (Å²) in [5, 5.41) is 11.2. The zero-order valence-electron chi connectivity index (χ0n) is 31.4. The maximum atomic E-state index is 17.9. The Morgan fingerprint density at radius 1 is 0.927 bits per heavy atom. The third-order valence-corrected chi connectivity index (χ3v) is 14.0. The first-order valence-corrected chi connectivity index (χ1v) is 19.9. The number of carbonyl (C=O) groups excluding carboxylic acids is 3. The van der Waals surface area contributed by atoms with Crippen molar-refractivity contribution < 1.29 is 42.1 Å². The molecule has 4 aliphatic rings. The van der Waals surface area contributed by atoms with E-state index in [1.165, 1.54) is 19.1 Å². The molecular formula is C45H47F3O6S. The highest BCUT2D eigenvalue weighted by atomic mass is 32.2. The number of thioether (sulfide) groups is 1. The molecule has 3 saturated carbocycles. The smallest absolute Gasteiger partial charge is 0.309 e. The van der Waals surface area contributed by atoms with Crippen LogP contribution >= 0.6 is 11.8 Å². The van der Waals surface area contributed by atoms with Gasteiger partial charge in [0.25, 0.3) is 0 Å². The van der Waals surface area contributed by atoms with Gasteiger partial charge in [-0.3, -0.25) is 14.4 Å². The standard InChI is InChI=1S/C45H47F3O6S/c1-28-22-34-35-25-37(47)36-24-33(49)20-21-41(36,3)44(35,48)38(50)26-42(34,4)45(28,40(52)55-27-46)54-39(51)23-29(2)53-43(30-14-8-5-9-15-30,31-16-10-6-11-17-31)32-18-12-7-13-19-32/h5-21,24,28-29,34-35,37-38,50H,22-23,25-27H2,1-4H3/t28-,29?,34+,35+,37+,38+,41+,42+,44+,45+/m1/s1. The van der Waals surface area contributed by atoms with Gasteiger partial charge in [-0.1, -0.05) is 111 Å². The molecule has 0 amide bonds. The molecule has 0 saturated heterocycles. The summed E-state index contributed by atoms with van der Waals surface area (Å²) < 4.78 is 61.4. The van der Waals surface area contributed by atoms with Crippen LogP contribution < -0.4 is 0 Å². The minimum absolute atomic E-state index is 0.0132. The van der Waals surface area contributed by atoms with Crippen molar-refractivity contribution in [3.8, 4) is 0 Å². The zero-order valence-corrected chi connectivity index (χ0v) is 32.2. The van der Waals surface area contributed by atoms with Crippen molar-refractivity contribution in [3.63, 3.8) is 0 Å². The third kappa shape index (κ3) is 5.88. The molecule has 7 rings (SSSR count). The molecule has 0 spiro atoms. The van der Waals surface area contributed by atoms with E-state index in [-0.39, 0.29) is 31.3 Å². The Hall–Kier alpha value is -3.99. The number of alkyl halides is 3. The van der Waals surface area contributed by atoms with Gasteiger partial charge in [-0.25, -0.2) is 13.2 Å². The van der Waals surface area contributed by atoms with Gasteiger partial charge in [0.1, 0.15) is 17.8 Å². The second kappa shape index (κ2) is 14.5. The minimum Gasteiger partial charge on any atom is -0.449 e. The summed E-state index contributed by atoms with van der Waals surface area (Å²) in [6.45, 7) is 6.65. The van der Waals surface area contributed by atoms with E-state index in [0.717, 1.165) is 22.8 Å². The SMILES string of the molecule is CC(CC(=O)O[C@]1(C(=O)SCF)[C@H](C)C[C@H]2[C@@H]3C[C@H](F)C4=CC(=O)C=C[C@]4(C)[C@@]3(F)[C@@H](O)C[C@@]21C)OC(c1ccccc1)(c1ccccc1)c1ccccc1. The summed E-state index contributed by atoms with van der Waals surface area (Å²) in [7, 11) is 0. The number of aliphatic hydroxyl groups excluding tert-OH is 1. The zero-order chi connectivity index (χ0) is 39.4. The molecule has 10 heteroatoms. The van der Waals surface area contributed by atoms with Crippen molar-refractivity contribution in [1.82, 2.24) is 0 Å². The number of hydrogen-bond acceptors (Lipinski definition) is 7. The molecule has 10 atom stereocenters. The molecule has 3 fully saturated rings. The van der Waals surface area contributed by atoms with E-state index in [2.05, 4.69) is 0 Å². The molecule has 290 valence electrons. The van der Waals surface area contributed by atoms with Gasteiger partial charge in [-0.15, -0.1) is 0 Å². The van der Waals surface area contributed by atoms with Gasteiger partial charge in [0.2, 0.25) is 5.12 Å². The molecule has 0 bridgehead atoms. The van der Waals surface area contributed by atoms with Crippen LogP contribution in [-0.2, 0) is 29.5 Å². The molecule has 6 nitrogen and oxygen atoms in total. The van der Waals surface area contributed by atoms with Gasteiger partial charge in [0.15, 0.2) is 17.1 Å². The molecule has 3 aromatic rings. The van der Waals surface area contributed by atoms with Crippen molar-refractivity contribution in [2.24, 2.45) is 28.6 Å². The highest BCUT2D eigenvalue weighted by molar-refractivity contribution is 8.13. The van der Waals surface area contributed by atoms with Gasteiger partial charge in [0, 0.05) is 22.7 Å². The lowest BCUT2D eigenvalue weighted by atomic mass is 9.44. The largest absolute Gasteiger partial charge is 0.449 e. The van der Waals surface area contributed by atoms with E-state index in [4.69, 9.17) is 9.47 Å². The predicted octanol–water partition coefficient (Wildman–Crippen LogP) is 8.81. The van der Waals surface area contributed by atoms with Crippen LogP contribution in [0.5, 0.6) is 0 Å². The van der Waals surface area contributed by atoms with Crippen LogP contribution in [0.4, 0.5) is 13.2 Å². The van der Waals surface area contributed by atoms with E-state index in [9.17, 15) is 23.9 Å². The highest BCUT2D eigenvalue weighted by Crippen LogP contribution is 2.72. The summed E-state index contributed by atoms with van der Waals surface area (Å²) >= 11 is 0.375. The molecule has 0 radical (unpaired) electrons. The highest BCUT2D eigenvalue weighted by Gasteiger charge is 2.78. The van der Waals surface area contributed by atoms with Crippen molar-refractivity contribution in [1.29, 1.82) is 0 Å². The van der Waals surface area contributed by atoms with Gasteiger partial charge in [0.05, 0.1) is 18.6 Å². The summed E-state index contributed by atoms with van der Waals surface area (Å²) in [5.74, 6) is -3.79. The van der Waals surface area contributed by atoms with Crippen LogP contribution in [0.15, 0.2) is 115 Å². The monoisotopic (exact) mass is 772 g/mol. The molecule has 1 unspecified atom stereocenters. The Morgan fingerprint density at radius 2 is 1.47 bits per heavy atom. The van der Waals surface area contributed by atoms with E-state index in [1.54, 1.807) is 20.8 Å². The lowest BCUT2D eigenvalue weighted by Gasteiger charge is -2.63. The first-order chi connectivity index (χ1) is 26.2. The Morgan fingerprint density at radius 3 is 2.00 bits per heavy atom. The van der Waals surface area contributed by atoms with Gasteiger partial charge >= 0.3 is 5.97 Å². The number of aliphatic hydroxyl groups is 1. The van der Waals surface area contributed by atoms with Crippen molar-refractivity contribution >= 4 is 28.6 Å². The number of ether oxygens (including phenoxy) is 2. The average molecular weight is 773 g/mol. The van der Waals surface area contributed by atoms with E-state index >= 15 is 8.78 Å². The molecule has 55 heavy (non-hydrogen) atoms. The molecular weight excluding hydrogens is 726 g/mol. The van der Waals surface area contributed by atoms with E-state index in [1.807, 2.05) is 91.0 Å². The fraction of sp³-hybridized carbons (Fsp3) is 0.444. The average Bonchev–Trinajstić information content (AvgIpc) is 3.39. The summed E-state index contributed by atoms with van der Waals surface area (Å²) in [6.07, 6.45) is -1.28. The summed E-state index contributed by atoms with van der Waals surface area (Å²) in [5.41, 5.74) is -6.06. The normalized spacial score (nSPS) is 34.5. The Kier molecular flexibility index (Phi) is 10.4. The van der Waals surface area contributed by atoms with Gasteiger partial charge in [-0.2, -0.15) is 0 Å². The lowest BCUT2D eigenvalue weighted by Crippen LogP contribution is -2.70. The van der Waals surface area contributed by atoms with Crippen LogP contribution in [0.25, 0.3) is 0 Å². The number of ketones is 1. The number of benzene rings is 3. The van der Waals surface area contributed by atoms with E-state index < -0.39 is 86.7 Å². The molecule has 0 aromatic heterocycles. The van der Waals surface area contributed by atoms with Gasteiger partial charge < -0.3 is 14.6 Å². The number of hydrogen-bond donors (Lipinski definition) is 1. The summed E-state index contributed by atoms with van der Waals surface area (Å²) in [6, 6.07) is 27.9.